The van der Waals surface area contributed by atoms with Gasteiger partial charge in [-0.3, -0.25) is 4.79 Å². The van der Waals surface area contributed by atoms with Crippen LogP contribution < -0.4 is 5.32 Å². The highest BCUT2D eigenvalue weighted by atomic mass is 35.5. The van der Waals surface area contributed by atoms with Crippen LogP contribution in [0.3, 0.4) is 0 Å². The minimum atomic E-state index is 0. The van der Waals surface area contributed by atoms with Crippen LogP contribution >= 0.6 is 24.8 Å². The summed E-state index contributed by atoms with van der Waals surface area (Å²) in [7, 11) is 0. The number of nitrogens with zero attached hydrogens (tertiary/aromatic N) is 4. The fourth-order valence-electron chi connectivity index (χ4n) is 3.48. The van der Waals surface area contributed by atoms with E-state index in [1.807, 2.05) is 15.6 Å². The van der Waals surface area contributed by atoms with Crippen LogP contribution in [0.2, 0.25) is 0 Å². The minimum absolute atomic E-state index is 0. The van der Waals surface area contributed by atoms with Crippen molar-refractivity contribution in [2.45, 2.75) is 51.6 Å². The van der Waals surface area contributed by atoms with Gasteiger partial charge < -0.3 is 10.2 Å². The van der Waals surface area contributed by atoms with E-state index in [1.165, 1.54) is 12.8 Å². The van der Waals surface area contributed by atoms with E-state index < -0.39 is 0 Å². The predicted octanol–water partition coefficient (Wildman–Crippen LogP) is 3.17. The van der Waals surface area contributed by atoms with Gasteiger partial charge in [-0.15, -0.1) is 24.8 Å². The first-order valence-corrected chi connectivity index (χ1v) is 8.96. The van der Waals surface area contributed by atoms with Crippen LogP contribution in [0.4, 0.5) is 0 Å². The van der Waals surface area contributed by atoms with Crippen LogP contribution in [0.1, 0.15) is 61.6 Å². The van der Waals surface area contributed by atoms with Gasteiger partial charge in [-0.05, 0) is 39.7 Å². The maximum atomic E-state index is 13.2. The van der Waals surface area contributed by atoms with Gasteiger partial charge >= 0.3 is 0 Å². The van der Waals surface area contributed by atoms with Crippen molar-refractivity contribution in [1.29, 1.82) is 0 Å². The number of aromatic nitrogens is 3. The standard InChI is InChI=1S/C18H25N5O.2ClH/c1-11(2)23-17-15(10-20-23)14(8-16(21-17)13-4-5-13)18(24)22-7-6-19-9-12(22)3;;/h8,10-13,19H,4-7,9H2,1-3H3;2*1H/t12-;;/m0../s1. The highest BCUT2D eigenvalue weighted by molar-refractivity contribution is 6.05. The average Bonchev–Trinajstić information content (AvgIpc) is 3.32. The first kappa shape index (κ1) is 20.9. The molecule has 1 saturated heterocycles. The number of amides is 1. The molecule has 1 aliphatic carbocycles. The summed E-state index contributed by atoms with van der Waals surface area (Å²) in [6.07, 6.45) is 4.15. The molecule has 6 nitrogen and oxygen atoms in total. The maximum Gasteiger partial charge on any atom is 0.255 e. The molecule has 1 aliphatic heterocycles. The highest BCUT2D eigenvalue weighted by Gasteiger charge is 2.31. The largest absolute Gasteiger partial charge is 0.333 e. The number of nitrogens with one attached hydrogen (secondary N) is 1. The van der Waals surface area contributed by atoms with Crippen molar-refractivity contribution in [3.05, 3.63) is 23.5 Å². The van der Waals surface area contributed by atoms with E-state index in [0.29, 0.717) is 5.92 Å². The van der Waals surface area contributed by atoms with E-state index in [4.69, 9.17) is 4.98 Å². The Morgan fingerprint density at radius 1 is 1.31 bits per heavy atom. The molecule has 1 amide bonds. The van der Waals surface area contributed by atoms with Crippen LogP contribution in [0.25, 0.3) is 11.0 Å². The lowest BCUT2D eigenvalue weighted by molar-refractivity contribution is 0.0657. The lowest BCUT2D eigenvalue weighted by Crippen LogP contribution is -2.52. The van der Waals surface area contributed by atoms with Gasteiger partial charge in [0.25, 0.3) is 5.91 Å². The molecule has 1 atom stereocenters. The SMILES string of the molecule is CC(C)n1ncc2c(C(=O)N3CCNC[C@@H]3C)cc(C3CC3)nc21.Cl.Cl. The van der Waals surface area contributed by atoms with Gasteiger partial charge in [-0.1, -0.05) is 0 Å². The van der Waals surface area contributed by atoms with Gasteiger partial charge in [0.1, 0.15) is 0 Å². The Bertz CT molecular complexity index is 787. The Labute approximate surface area is 166 Å². The van der Waals surface area contributed by atoms with Crippen LogP contribution in [0, 0.1) is 0 Å². The predicted molar refractivity (Wildman–Crippen MR) is 108 cm³/mol. The second-order valence-electron chi connectivity index (χ2n) is 7.34. The van der Waals surface area contributed by atoms with E-state index >= 15 is 0 Å². The molecule has 2 aromatic rings. The number of carbonyl (C=O) groups is 1. The van der Waals surface area contributed by atoms with Crippen molar-refractivity contribution in [3.63, 3.8) is 0 Å². The van der Waals surface area contributed by atoms with Crippen molar-refractivity contribution in [1.82, 2.24) is 25.0 Å². The number of hydrogen-bond donors (Lipinski definition) is 1. The lowest BCUT2D eigenvalue weighted by Gasteiger charge is -2.34. The van der Waals surface area contributed by atoms with E-state index in [0.717, 1.165) is 41.9 Å². The number of piperazine rings is 1. The quantitative estimate of drug-likeness (QED) is 0.860. The van der Waals surface area contributed by atoms with E-state index in [2.05, 4.69) is 31.2 Å². The molecule has 1 N–H and O–H groups in total. The maximum absolute atomic E-state index is 13.2. The zero-order valence-corrected chi connectivity index (χ0v) is 17.1. The smallest absolute Gasteiger partial charge is 0.255 e. The number of pyridine rings is 1. The van der Waals surface area contributed by atoms with Crippen molar-refractivity contribution < 1.29 is 4.79 Å². The van der Waals surface area contributed by atoms with Crippen LogP contribution in [0.5, 0.6) is 0 Å². The Morgan fingerprint density at radius 3 is 2.65 bits per heavy atom. The molecule has 0 unspecified atom stereocenters. The molecule has 1 saturated carbocycles. The van der Waals surface area contributed by atoms with Crippen molar-refractivity contribution in [3.8, 4) is 0 Å². The number of carbonyl (C=O) groups excluding carboxylic acids is 1. The van der Waals surface area contributed by atoms with Gasteiger partial charge in [-0.25, -0.2) is 9.67 Å². The second kappa shape index (κ2) is 8.11. The topological polar surface area (TPSA) is 63.1 Å². The number of fused-ring (bicyclic) bond motifs is 1. The first-order chi connectivity index (χ1) is 11.6. The van der Waals surface area contributed by atoms with Crippen LogP contribution in [0.15, 0.2) is 12.3 Å². The summed E-state index contributed by atoms with van der Waals surface area (Å²) in [6.45, 7) is 8.74. The summed E-state index contributed by atoms with van der Waals surface area (Å²) in [5.41, 5.74) is 2.67. The Hall–Kier alpha value is -1.37. The van der Waals surface area contributed by atoms with Crippen molar-refractivity contribution in [2.24, 2.45) is 0 Å². The monoisotopic (exact) mass is 399 g/mol. The third kappa shape index (κ3) is 3.68. The zero-order valence-electron chi connectivity index (χ0n) is 15.4. The fraction of sp³-hybridized carbons (Fsp3) is 0.611. The number of halogens is 2. The summed E-state index contributed by atoms with van der Waals surface area (Å²) >= 11 is 0. The lowest BCUT2D eigenvalue weighted by atomic mass is 10.1. The molecule has 2 aromatic heterocycles. The van der Waals surface area contributed by atoms with E-state index in [1.54, 1.807) is 6.20 Å². The molecule has 0 spiro atoms. The average molecular weight is 400 g/mol. The van der Waals surface area contributed by atoms with Crippen LogP contribution in [-0.2, 0) is 0 Å². The number of rotatable bonds is 3. The summed E-state index contributed by atoms with van der Waals surface area (Å²) in [5.74, 6) is 0.624. The molecular formula is C18H27Cl2N5O. The summed E-state index contributed by atoms with van der Waals surface area (Å²) < 4.78 is 1.93. The normalized spacial score (nSPS) is 20.0. The first-order valence-electron chi connectivity index (χ1n) is 8.96. The molecule has 0 aromatic carbocycles. The molecule has 0 bridgehead atoms. The minimum Gasteiger partial charge on any atom is -0.333 e. The fourth-order valence-corrected chi connectivity index (χ4v) is 3.48. The Balaban J connectivity index is 0.00000121. The highest BCUT2D eigenvalue weighted by Crippen LogP contribution is 2.40. The Morgan fingerprint density at radius 2 is 2.04 bits per heavy atom. The summed E-state index contributed by atoms with van der Waals surface area (Å²) in [4.78, 5) is 20.1. The molecule has 0 radical (unpaired) electrons. The second-order valence-corrected chi connectivity index (χ2v) is 7.34. The molecule has 26 heavy (non-hydrogen) atoms. The summed E-state index contributed by atoms with van der Waals surface area (Å²) in [6, 6.07) is 2.45. The molecule has 2 fully saturated rings. The van der Waals surface area contributed by atoms with Crippen molar-refractivity contribution >= 4 is 41.8 Å². The molecule has 3 heterocycles. The molecular weight excluding hydrogens is 373 g/mol. The van der Waals surface area contributed by atoms with Gasteiger partial charge in [0, 0.05) is 43.3 Å². The zero-order chi connectivity index (χ0) is 16.8. The van der Waals surface area contributed by atoms with Gasteiger partial charge in [0.05, 0.1) is 17.1 Å². The Kier molecular flexibility index (Phi) is 6.53. The third-order valence-corrected chi connectivity index (χ3v) is 5.06. The third-order valence-electron chi connectivity index (χ3n) is 5.06. The van der Waals surface area contributed by atoms with Crippen molar-refractivity contribution in [2.75, 3.05) is 19.6 Å². The summed E-state index contributed by atoms with van der Waals surface area (Å²) in [5, 5.41) is 8.72. The molecule has 144 valence electrons. The van der Waals surface area contributed by atoms with Gasteiger partial charge in [-0.2, -0.15) is 5.10 Å². The van der Waals surface area contributed by atoms with E-state index in [9.17, 15) is 4.79 Å². The molecule has 2 aliphatic rings. The van der Waals surface area contributed by atoms with Gasteiger partial charge in [0.2, 0.25) is 0 Å². The molecule has 4 rings (SSSR count). The number of hydrogen-bond acceptors (Lipinski definition) is 4. The molecule has 8 heteroatoms. The van der Waals surface area contributed by atoms with Gasteiger partial charge in [0.15, 0.2) is 5.65 Å². The van der Waals surface area contributed by atoms with Crippen LogP contribution in [-0.4, -0.2) is 51.2 Å². The van der Waals surface area contributed by atoms with E-state index in [-0.39, 0.29) is 42.8 Å².